The van der Waals surface area contributed by atoms with Gasteiger partial charge in [-0.25, -0.2) is 0 Å². The maximum atomic E-state index is 5.97. The standard InChI is InChI=1S/C10H19NO2/c1-2-3-9-12-8-10(13-9)4-6-11-7-5-10/h9,11H,2-8H2,1H3. The summed E-state index contributed by atoms with van der Waals surface area (Å²) >= 11 is 0. The zero-order valence-corrected chi connectivity index (χ0v) is 8.34. The second-order valence-corrected chi connectivity index (χ2v) is 4.08. The molecule has 2 saturated heterocycles. The maximum absolute atomic E-state index is 5.97. The van der Waals surface area contributed by atoms with Crippen molar-refractivity contribution in [2.24, 2.45) is 0 Å². The van der Waals surface area contributed by atoms with Crippen molar-refractivity contribution in [1.82, 2.24) is 5.32 Å². The van der Waals surface area contributed by atoms with Crippen LogP contribution in [0.5, 0.6) is 0 Å². The van der Waals surface area contributed by atoms with E-state index in [-0.39, 0.29) is 11.9 Å². The Labute approximate surface area is 79.8 Å². The van der Waals surface area contributed by atoms with Gasteiger partial charge < -0.3 is 14.8 Å². The molecule has 1 N–H and O–H groups in total. The van der Waals surface area contributed by atoms with Crippen LogP contribution < -0.4 is 5.32 Å². The van der Waals surface area contributed by atoms with Gasteiger partial charge in [-0.15, -0.1) is 0 Å². The lowest BCUT2D eigenvalue weighted by atomic mass is 9.94. The Balaban J connectivity index is 1.87. The van der Waals surface area contributed by atoms with Crippen LogP contribution in [0.3, 0.4) is 0 Å². The van der Waals surface area contributed by atoms with Gasteiger partial charge in [0.15, 0.2) is 6.29 Å². The first-order valence-electron chi connectivity index (χ1n) is 5.35. The molecule has 2 heterocycles. The highest BCUT2D eigenvalue weighted by molar-refractivity contribution is 4.89. The van der Waals surface area contributed by atoms with Gasteiger partial charge in [0, 0.05) is 0 Å². The fraction of sp³-hybridized carbons (Fsp3) is 1.00. The monoisotopic (exact) mass is 185 g/mol. The highest BCUT2D eigenvalue weighted by Crippen LogP contribution is 2.32. The minimum Gasteiger partial charge on any atom is -0.350 e. The average Bonchev–Trinajstić information content (AvgIpc) is 2.51. The Morgan fingerprint density at radius 1 is 1.38 bits per heavy atom. The summed E-state index contributed by atoms with van der Waals surface area (Å²) in [6, 6.07) is 0. The molecule has 3 nitrogen and oxygen atoms in total. The summed E-state index contributed by atoms with van der Waals surface area (Å²) in [6.45, 7) is 5.11. The number of ether oxygens (including phenoxy) is 2. The molecule has 1 unspecified atom stereocenters. The van der Waals surface area contributed by atoms with Gasteiger partial charge in [-0.05, 0) is 32.4 Å². The molecule has 1 atom stereocenters. The third-order valence-corrected chi connectivity index (χ3v) is 2.95. The second-order valence-electron chi connectivity index (χ2n) is 4.08. The predicted molar refractivity (Wildman–Crippen MR) is 50.6 cm³/mol. The molecule has 76 valence electrons. The minimum absolute atomic E-state index is 0.0606. The van der Waals surface area contributed by atoms with Gasteiger partial charge in [0.25, 0.3) is 0 Å². The quantitative estimate of drug-likeness (QED) is 0.703. The van der Waals surface area contributed by atoms with Crippen LogP contribution in [0.4, 0.5) is 0 Å². The lowest BCUT2D eigenvalue weighted by Crippen LogP contribution is -2.43. The van der Waals surface area contributed by atoms with Gasteiger partial charge in [-0.2, -0.15) is 0 Å². The van der Waals surface area contributed by atoms with E-state index in [1.54, 1.807) is 0 Å². The molecule has 0 aromatic rings. The van der Waals surface area contributed by atoms with Crippen LogP contribution in [0, 0.1) is 0 Å². The van der Waals surface area contributed by atoms with E-state index in [2.05, 4.69) is 12.2 Å². The van der Waals surface area contributed by atoms with Crippen molar-refractivity contribution in [3.05, 3.63) is 0 Å². The Bertz CT molecular complexity index is 166. The molecule has 0 saturated carbocycles. The van der Waals surface area contributed by atoms with E-state index in [0.29, 0.717) is 0 Å². The number of rotatable bonds is 2. The first kappa shape index (κ1) is 9.44. The van der Waals surface area contributed by atoms with Crippen molar-refractivity contribution in [3.63, 3.8) is 0 Å². The largest absolute Gasteiger partial charge is 0.350 e. The van der Waals surface area contributed by atoms with E-state index < -0.39 is 0 Å². The Morgan fingerprint density at radius 3 is 2.85 bits per heavy atom. The summed E-state index contributed by atoms with van der Waals surface area (Å²) in [5.74, 6) is 0. The predicted octanol–water partition coefficient (Wildman–Crippen LogP) is 1.28. The Kier molecular flexibility index (Phi) is 2.86. The third kappa shape index (κ3) is 2.03. The molecular formula is C10H19NO2. The fourth-order valence-electron chi connectivity index (χ4n) is 2.11. The molecule has 0 aromatic carbocycles. The summed E-state index contributed by atoms with van der Waals surface area (Å²) < 4.78 is 11.6. The molecule has 0 aliphatic carbocycles. The lowest BCUT2D eigenvalue weighted by molar-refractivity contribution is -0.101. The highest BCUT2D eigenvalue weighted by atomic mass is 16.7. The van der Waals surface area contributed by atoms with Crippen LogP contribution in [-0.4, -0.2) is 31.6 Å². The zero-order chi connectivity index (χ0) is 9.15. The number of hydrogen-bond donors (Lipinski definition) is 1. The molecule has 0 amide bonds. The number of nitrogens with one attached hydrogen (secondary N) is 1. The Hall–Kier alpha value is -0.120. The number of piperidine rings is 1. The molecule has 1 spiro atoms. The van der Waals surface area contributed by atoms with Gasteiger partial charge in [0.2, 0.25) is 0 Å². The molecule has 3 heteroatoms. The van der Waals surface area contributed by atoms with Crippen molar-refractivity contribution in [3.8, 4) is 0 Å². The van der Waals surface area contributed by atoms with Crippen molar-refractivity contribution < 1.29 is 9.47 Å². The average molecular weight is 185 g/mol. The van der Waals surface area contributed by atoms with Crippen molar-refractivity contribution in [2.45, 2.75) is 44.5 Å². The van der Waals surface area contributed by atoms with Crippen LogP contribution >= 0.6 is 0 Å². The van der Waals surface area contributed by atoms with Gasteiger partial charge in [0.1, 0.15) is 0 Å². The molecular weight excluding hydrogens is 166 g/mol. The van der Waals surface area contributed by atoms with Gasteiger partial charge >= 0.3 is 0 Å². The minimum atomic E-state index is 0.0606. The van der Waals surface area contributed by atoms with Crippen molar-refractivity contribution in [1.29, 1.82) is 0 Å². The maximum Gasteiger partial charge on any atom is 0.158 e. The van der Waals surface area contributed by atoms with E-state index in [9.17, 15) is 0 Å². The van der Waals surface area contributed by atoms with E-state index in [1.165, 1.54) is 0 Å². The van der Waals surface area contributed by atoms with E-state index in [0.717, 1.165) is 45.4 Å². The molecule has 13 heavy (non-hydrogen) atoms. The first-order valence-corrected chi connectivity index (χ1v) is 5.35. The highest BCUT2D eigenvalue weighted by Gasteiger charge is 2.41. The van der Waals surface area contributed by atoms with E-state index in [4.69, 9.17) is 9.47 Å². The van der Waals surface area contributed by atoms with Crippen LogP contribution in [0.1, 0.15) is 32.6 Å². The zero-order valence-electron chi connectivity index (χ0n) is 8.34. The normalized spacial score (nSPS) is 32.5. The summed E-state index contributed by atoms with van der Waals surface area (Å²) in [5, 5.41) is 3.35. The van der Waals surface area contributed by atoms with Crippen LogP contribution in [-0.2, 0) is 9.47 Å². The molecule has 2 rings (SSSR count). The van der Waals surface area contributed by atoms with Gasteiger partial charge in [0.05, 0.1) is 12.2 Å². The smallest absolute Gasteiger partial charge is 0.158 e. The third-order valence-electron chi connectivity index (χ3n) is 2.95. The Morgan fingerprint density at radius 2 is 2.15 bits per heavy atom. The summed E-state index contributed by atoms with van der Waals surface area (Å²) in [7, 11) is 0. The lowest BCUT2D eigenvalue weighted by Gasteiger charge is -2.31. The molecule has 2 aliphatic heterocycles. The summed E-state index contributed by atoms with van der Waals surface area (Å²) in [4.78, 5) is 0. The summed E-state index contributed by atoms with van der Waals surface area (Å²) in [6.07, 6.45) is 4.46. The van der Waals surface area contributed by atoms with Crippen molar-refractivity contribution >= 4 is 0 Å². The molecule has 0 radical (unpaired) electrons. The molecule has 2 aliphatic rings. The van der Waals surface area contributed by atoms with Crippen LogP contribution in [0.2, 0.25) is 0 Å². The first-order chi connectivity index (χ1) is 6.35. The second kappa shape index (κ2) is 3.95. The van der Waals surface area contributed by atoms with Gasteiger partial charge in [-0.1, -0.05) is 13.3 Å². The fourth-order valence-corrected chi connectivity index (χ4v) is 2.11. The molecule has 2 fully saturated rings. The topological polar surface area (TPSA) is 30.5 Å². The van der Waals surface area contributed by atoms with Crippen molar-refractivity contribution in [2.75, 3.05) is 19.7 Å². The van der Waals surface area contributed by atoms with E-state index in [1.807, 2.05) is 0 Å². The van der Waals surface area contributed by atoms with Gasteiger partial charge in [-0.3, -0.25) is 0 Å². The van der Waals surface area contributed by atoms with E-state index >= 15 is 0 Å². The summed E-state index contributed by atoms with van der Waals surface area (Å²) in [5.41, 5.74) is 0.0606. The number of hydrogen-bond acceptors (Lipinski definition) is 3. The molecule has 0 aromatic heterocycles. The van der Waals surface area contributed by atoms with Crippen LogP contribution in [0.25, 0.3) is 0 Å². The van der Waals surface area contributed by atoms with Crippen LogP contribution in [0.15, 0.2) is 0 Å². The molecule has 0 bridgehead atoms. The SMILES string of the molecule is CCCC1OCC2(CCNCC2)O1.